The molecule has 0 saturated heterocycles. The zero-order valence-corrected chi connectivity index (χ0v) is 14.2. The first kappa shape index (κ1) is 14.6. The zero-order chi connectivity index (χ0) is 14.3. The fourth-order valence-corrected chi connectivity index (χ4v) is 7.57. The normalized spacial score (nSPS) is 25.5. The molecule has 1 aliphatic carbocycles. The van der Waals surface area contributed by atoms with Crippen LogP contribution < -0.4 is 0 Å². The van der Waals surface area contributed by atoms with E-state index >= 15 is 0 Å². The van der Waals surface area contributed by atoms with Crippen molar-refractivity contribution >= 4 is 58.6 Å². The second kappa shape index (κ2) is 5.83. The van der Waals surface area contributed by atoms with E-state index in [0.717, 1.165) is 8.47 Å². The third-order valence-electron chi connectivity index (χ3n) is 3.26. The first-order valence-electron chi connectivity index (χ1n) is 6.00. The van der Waals surface area contributed by atoms with Crippen molar-refractivity contribution in [3.63, 3.8) is 0 Å². The minimum absolute atomic E-state index is 0.0920. The molecule has 0 aromatic heterocycles. The molecule has 2 atom stereocenters. The van der Waals surface area contributed by atoms with Crippen LogP contribution in [0.1, 0.15) is 20.7 Å². The predicted molar refractivity (Wildman–Crippen MR) is 91.9 cm³/mol. The van der Waals surface area contributed by atoms with Crippen LogP contribution in [0.5, 0.6) is 0 Å². The molecular weight excluding hydrogens is 328 g/mol. The zero-order valence-electron chi connectivity index (χ0n) is 10.9. The van der Waals surface area contributed by atoms with Gasteiger partial charge in [-0.15, -0.1) is 47.0 Å². The summed E-state index contributed by atoms with van der Waals surface area (Å²) in [6.07, 6.45) is 4.03. The molecule has 0 spiro atoms. The van der Waals surface area contributed by atoms with E-state index in [2.05, 4.69) is 0 Å². The Morgan fingerprint density at radius 1 is 0.850 bits per heavy atom. The third-order valence-corrected chi connectivity index (χ3v) is 8.99. The van der Waals surface area contributed by atoms with Gasteiger partial charge in [-0.1, -0.05) is 24.3 Å². The van der Waals surface area contributed by atoms with Gasteiger partial charge in [0.1, 0.15) is 0 Å². The maximum Gasteiger partial charge on any atom is 0.178 e. The standard InChI is InChI=1S/C14H12O2S4/c1-17-13-14(18-2)20-12-10(16)8-6-4-3-5-7(8)9(15)11(12)19-13/h3-6,11-12H,1-2H3/t11-,12+. The summed E-state index contributed by atoms with van der Waals surface area (Å²) < 4.78 is 2.31. The molecule has 0 unspecified atom stereocenters. The van der Waals surface area contributed by atoms with E-state index in [0.29, 0.717) is 11.1 Å². The lowest BCUT2D eigenvalue weighted by molar-refractivity contribution is 0.0904. The lowest BCUT2D eigenvalue weighted by atomic mass is 9.89. The largest absolute Gasteiger partial charge is 0.293 e. The van der Waals surface area contributed by atoms with Gasteiger partial charge in [-0.2, -0.15) is 0 Å². The van der Waals surface area contributed by atoms with E-state index < -0.39 is 0 Å². The SMILES string of the molecule is CSC1=C(SC)S[C@H]2C(=O)c3ccccc3C(=O)[C@H]2S1. The van der Waals surface area contributed by atoms with Crippen LogP contribution in [-0.2, 0) is 0 Å². The van der Waals surface area contributed by atoms with Gasteiger partial charge in [-0.05, 0) is 12.5 Å². The van der Waals surface area contributed by atoms with Crippen molar-refractivity contribution in [2.75, 3.05) is 12.5 Å². The topological polar surface area (TPSA) is 34.1 Å². The number of Topliss-reactive ketones (excluding diaryl/α,β-unsaturated/α-hetero) is 2. The Bertz CT molecular complexity index is 570. The van der Waals surface area contributed by atoms with Gasteiger partial charge in [0.15, 0.2) is 11.6 Å². The molecule has 2 aliphatic rings. The van der Waals surface area contributed by atoms with Crippen LogP contribution in [0.15, 0.2) is 32.7 Å². The van der Waals surface area contributed by atoms with Crippen molar-refractivity contribution < 1.29 is 9.59 Å². The average molecular weight is 341 g/mol. The number of carbonyl (C=O) groups excluding carboxylic acids is 2. The van der Waals surface area contributed by atoms with E-state index in [9.17, 15) is 9.59 Å². The first-order valence-corrected chi connectivity index (χ1v) is 10.2. The molecule has 1 aliphatic heterocycles. The number of carbonyl (C=O) groups is 2. The smallest absolute Gasteiger partial charge is 0.178 e. The third kappa shape index (κ3) is 2.26. The van der Waals surface area contributed by atoms with Gasteiger partial charge >= 0.3 is 0 Å². The number of rotatable bonds is 2. The highest BCUT2D eigenvalue weighted by molar-refractivity contribution is 8.30. The number of benzene rings is 1. The van der Waals surface area contributed by atoms with Crippen LogP contribution in [0.25, 0.3) is 0 Å². The van der Waals surface area contributed by atoms with E-state index in [-0.39, 0.29) is 22.1 Å². The summed E-state index contributed by atoms with van der Waals surface area (Å²) in [5.74, 6) is 0.184. The maximum absolute atomic E-state index is 12.6. The fraction of sp³-hybridized carbons (Fsp3) is 0.286. The summed E-state index contributed by atoms with van der Waals surface area (Å²) in [5.41, 5.74) is 1.17. The Kier molecular flexibility index (Phi) is 4.26. The Balaban J connectivity index is 2.06. The summed E-state index contributed by atoms with van der Waals surface area (Å²) in [5, 5.41) is -0.554. The highest BCUT2D eigenvalue weighted by Gasteiger charge is 2.45. The van der Waals surface area contributed by atoms with E-state index in [4.69, 9.17) is 0 Å². The van der Waals surface area contributed by atoms with Crippen molar-refractivity contribution in [2.45, 2.75) is 10.5 Å². The second-order valence-corrected chi connectivity index (χ2v) is 8.79. The maximum atomic E-state index is 12.6. The van der Waals surface area contributed by atoms with Gasteiger partial charge in [-0.25, -0.2) is 0 Å². The lowest BCUT2D eigenvalue weighted by Crippen LogP contribution is -2.42. The summed E-state index contributed by atoms with van der Waals surface area (Å²) in [4.78, 5) is 25.3. The van der Waals surface area contributed by atoms with Crippen molar-refractivity contribution in [3.8, 4) is 0 Å². The summed E-state index contributed by atoms with van der Waals surface area (Å²) in [6, 6.07) is 7.18. The quantitative estimate of drug-likeness (QED) is 0.805. The van der Waals surface area contributed by atoms with Crippen LogP contribution in [0.2, 0.25) is 0 Å². The van der Waals surface area contributed by atoms with Crippen LogP contribution in [-0.4, -0.2) is 34.6 Å². The molecule has 1 heterocycles. The monoisotopic (exact) mass is 340 g/mol. The summed E-state index contributed by atoms with van der Waals surface area (Å²) in [7, 11) is 0. The first-order chi connectivity index (χ1) is 9.67. The molecule has 20 heavy (non-hydrogen) atoms. The number of fused-ring (bicyclic) bond motifs is 2. The molecule has 0 amide bonds. The second-order valence-electron chi connectivity index (χ2n) is 4.33. The average Bonchev–Trinajstić information content (AvgIpc) is 2.51. The lowest BCUT2D eigenvalue weighted by Gasteiger charge is -2.34. The number of hydrogen-bond acceptors (Lipinski definition) is 6. The minimum atomic E-state index is -0.277. The molecule has 0 fully saturated rings. The summed E-state index contributed by atoms with van der Waals surface area (Å²) >= 11 is 6.42. The summed E-state index contributed by atoms with van der Waals surface area (Å²) in [6.45, 7) is 0. The molecule has 1 aromatic rings. The Morgan fingerprint density at radius 3 is 1.60 bits per heavy atom. The number of hydrogen-bond donors (Lipinski definition) is 0. The van der Waals surface area contributed by atoms with E-state index in [1.807, 2.05) is 24.6 Å². The van der Waals surface area contributed by atoms with Gasteiger partial charge < -0.3 is 0 Å². The molecule has 0 saturated carbocycles. The number of thioether (sulfide) groups is 4. The van der Waals surface area contributed by atoms with Gasteiger partial charge in [-0.3, -0.25) is 9.59 Å². The molecule has 0 bridgehead atoms. The molecule has 2 nitrogen and oxygen atoms in total. The Hall–Kier alpha value is -0.300. The molecular formula is C14H12O2S4. The van der Waals surface area contributed by atoms with Crippen molar-refractivity contribution in [1.82, 2.24) is 0 Å². The Morgan fingerprint density at radius 2 is 1.25 bits per heavy atom. The molecule has 104 valence electrons. The van der Waals surface area contributed by atoms with Gasteiger partial charge in [0.05, 0.1) is 19.0 Å². The van der Waals surface area contributed by atoms with Gasteiger partial charge in [0.2, 0.25) is 0 Å². The van der Waals surface area contributed by atoms with Crippen LogP contribution in [0.4, 0.5) is 0 Å². The molecule has 0 radical (unpaired) electrons. The van der Waals surface area contributed by atoms with E-state index in [1.165, 1.54) is 0 Å². The minimum Gasteiger partial charge on any atom is -0.293 e. The molecule has 3 rings (SSSR count). The van der Waals surface area contributed by atoms with Crippen molar-refractivity contribution in [2.24, 2.45) is 0 Å². The Labute approximate surface area is 134 Å². The molecule has 6 heteroatoms. The molecule has 0 N–H and O–H groups in total. The van der Waals surface area contributed by atoms with Crippen molar-refractivity contribution in [3.05, 3.63) is 43.9 Å². The number of ketones is 2. The molecule has 1 aromatic carbocycles. The van der Waals surface area contributed by atoms with Gasteiger partial charge in [0, 0.05) is 11.1 Å². The fourth-order valence-electron chi connectivity index (χ4n) is 2.31. The van der Waals surface area contributed by atoms with Crippen LogP contribution in [0.3, 0.4) is 0 Å². The highest BCUT2D eigenvalue weighted by Crippen LogP contribution is 2.53. The van der Waals surface area contributed by atoms with Crippen molar-refractivity contribution in [1.29, 1.82) is 0 Å². The van der Waals surface area contributed by atoms with Gasteiger partial charge in [0.25, 0.3) is 0 Å². The van der Waals surface area contributed by atoms with E-state index in [1.54, 1.807) is 59.2 Å². The highest BCUT2D eigenvalue weighted by atomic mass is 32.2. The predicted octanol–water partition coefficient (Wildman–Crippen LogP) is 4.14. The van der Waals surface area contributed by atoms with Crippen LogP contribution >= 0.6 is 47.0 Å². The van der Waals surface area contributed by atoms with Crippen LogP contribution in [0, 0.1) is 0 Å².